The highest BCUT2D eigenvalue weighted by Gasteiger charge is 2.48. The van der Waals surface area contributed by atoms with Crippen molar-refractivity contribution < 1.29 is 35.3 Å². The van der Waals surface area contributed by atoms with Crippen molar-refractivity contribution in [2.75, 3.05) is 0 Å². The Morgan fingerprint density at radius 2 is 1.79 bits per heavy atom. The summed E-state index contributed by atoms with van der Waals surface area (Å²) in [7, 11) is -5.90. The number of benzene rings is 1. The van der Waals surface area contributed by atoms with Crippen LogP contribution in [0.3, 0.4) is 0 Å². The van der Waals surface area contributed by atoms with Crippen LogP contribution in [0.15, 0.2) is 27.8 Å². The fraction of sp³-hybridized carbons (Fsp3) is 0.312. The zero-order valence-electron chi connectivity index (χ0n) is 14.7. The number of carbonyl (C=O) groups is 1. The average molecular weight is 549 g/mol. The van der Waals surface area contributed by atoms with Gasteiger partial charge in [-0.15, -0.1) is 0 Å². The monoisotopic (exact) mass is 547 g/mol. The Balaban J connectivity index is 2.72. The molecule has 2 aromatic rings. The molecule has 0 unspecified atom stereocenters. The number of alkyl halides is 3. The highest BCUT2D eigenvalue weighted by Crippen LogP contribution is 2.36. The first kappa shape index (κ1) is 22.8. The highest BCUT2D eigenvalue weighted by atomic mass is 79.9. The Bertz CT molecular complexity index is 1050. The second kappa shape index (κ2) is 7.71. The van der Waals surface area contributed by atoms with E-state index >= 15 is 0 Å². The number of fused-ring (bicyclic) bond motifs is 1. The van der Waals surface area contributed by atoms with Gasteiger partial charge in [-0.3, -0.25) is 4.57 Å². The molecular weight excluding hydrogens is 535 g/mol. The smallest absolute Gasteiger partial charge is 0.443 e. The Morgan fingerprint density at radius 3 is 2.29 bits per heavy atom. The Hall–Kier alpha value is -1.53. The first-order chi connectivity index (χ1) is 12.6. The van der Waals surface area contributed by atoms with Gasteiger partial charge in [0.1, 0.15) is 5.60 Å². The Labute approximate surface area is 175 Å². The van der Waals surface area contributed by atoms with Crippen LogP contribution in [0.5, 0.6) is 5.75 Å². The molecule has 0 N–H and O–H groups in total. The topological polar surface area (TPSA) is 74.6 Å². The number of carbonyl (C=O) groups excluding carboxylic acids is 1. The standard InChI is InChI=1S/C16H14Br2F3NO5S/c1-15(2,3)26-14(23)22-8-9(7-12(17)18)13-10(22)5-4-6-11(13)27-28(24,25)16(19,20)21/h4-8H,1-3H3. The van der Waals surface area contributed by atoms with Gasteiger partial charge < -0.3 is 8.92 Å². The molecule has 154 valence electrons. The van der Waals surface area contributed by atoms with Crippen LogP contribution in [0.2, 0.25) is 0 Å². The van der Waals surface area contributed by atoms with E-state index < -0.39 is 33.1 Å². The second-order valence-electron chi connectivity index (χ2n) is 6.50. The van der Waals surface area contributed by atoms with E-state index in [-0.39, 0.29) is 16.5 Å². The van der Waals surface area contributed by atoms with Gasteiger partial charge in [-0.05, 0) is 70.8 Å². The van der Waals surface area contributed by atoms with E-state index in [1.54, 1.807) is 20.8 Å². The van der Waals surface area contributed by atoms with Gasteiger partial charge >= 0.3 is 21.7 Å². The van der Waals surface area contributed by atoms with E-state index in [0.717, 1.165) is 10.6 Å². The molecular formula is C16H14Br2F3NO5S. The summed E-state index contributed by atoms with van der Waals surface area (Å²) in [6.07, 6.45) is 1.93. The van der Waals surface area contributed by atoms with E-state index in [1.807, 2.05) is 0 Å². The maximum Gasteiger partial charge on any atom is 0.534 e. The van der Waals surface area contributed by atoms with Crippen LogP contribution in [0.1, 0.15) is 26.3 Å². The van der Waals surface area contributed by atoms with E-state index in [0.29, 0.717) is 3.39 Å². The summed E-state index contributed by atoms with van der Waals surface area (Å²) in [5.41, 5.74) is -6.10. The van der Waals surface area contributed by atoms with Crippen molar-refractivity contribution in [1.29, 1.82) is 0 Å². The van der Waals surface area contributed by atoms with Crippen molar-refractivity contribution in [2.24, 2.45) is 0 Å². The zero-order chi connectivity index (χ0) is 21.5. The molecule has 0 fully saturated rings. The van der Waals surface area contributed by atoms with E-state index in [1.165, 1.54) is 24.4 Å². The first-order valence-electron chi connectivity index (χ1n) is 7.53. The number of halogens is 5. The summed E-state index contributed by atoms with van der Waals surface area (Å²) in [5, 5.41) is -0.0161. The molecule has 0 atom stereocenters. The van der Waals surface area contributed by atoms with Crippen molar-refractivity contribution in [2.45, 2.75) is 31.9 Å². The molecule has 6 nitrogen and oxygen atoms in total. The molecule has 2 rings (SSSR count). The van der Waals surface area contributed by atoms with Gasteiger partial charge in [-0.1, -0.05) is 6.07 Å². The molecule has 1 aromatic heterocycles. The molecule has 0 aliphatic heterocycles. The van der Waals surface area contributed by atoms with Crippen molar-refractivity contribution in [1.82, 2.24) is 4.57 Å². The lowest BCUT2D eigenvalue weighted by atomic mass is 10.1. The number of aromatic nitrogens is 1. The number of hydrogen-bond donors (Lipinski definition) is 0. The predicted octanol–water partition coefficient (Wildman–Crippen LogP) is 5.74. The fourth-order valence-corrected chi connectivity index (χ4v) is 3.17. The summed E-state index contributed by atoms with van der Waals surface area (Å²) in [4.78, 5) is 12.5. The van der Waals surface area contributed by atoms with Crippen LogP contribution in [-0.4, -0.2) is 30.2 Å². The lowest BCUT2D eigenvalue weighted by molar-refractivity contribution is -0.0499. The van der Waals surface area contributed by atoms with Crippen molar-refractivity contribution in [3.63, 3.8) is 0 Å². The molecule has 0 saturated heterocycles. The number of hydrogen-bond acceptors (Lipinski definition) is 5. The number of nitrogens with zero attached hydrogens (tertiary/aromatic N) is 1. The normalized spacial score (nSPS) is 12.7. The summed E-state index contributed by atoms with van der Waals surface area (Å²) in [6.45, 7) is 4.95. The SMILES string of the molecule is CC(C)(C)OC(=O)n1cc(C=C(Br)Br)c2c(OS(=O)(=O)C(F)(F)F)cccc21. The molecule has 1 heterocycles. The third-order valence-corrected chi connectivity index (χ3v) is 4.58. The maximum absolute atomic E-state index is 12.7. The van der Waals surface area contributed by atoms with Gasteiger partial charge in [0, 0.05) is 11.8 Å². The minimum atomic E-state index is -5.90. The van der Waals surface area contributed by atoms with Gasteiger partial charge in [0.15, 0.2) is 5.75 Å². The highest BCUT2D eigenvalue weighted by molar-refractivity contribution is 9.28. The predicted molar refractivity (Wildman–Crippen MR) is 105 cm³/mol. The van der Waals surface area contributed by atoms with Crippen molar-refractivity contribution >= 4 is 65.1 Å². The molecule has 0 saturated carbocycles. The number of rotatable bonds is 3. The zero-order valence-corrected chi connectivity index (χ0v) is 18.7. The molecule has 0 amide bonds. The summed E-state index contributed by atoms with van der Waals surface area (Å²) in [5.74, 6) is -0.579. The largest absolute Gasteiger partial charge is 0.534 e. The van der Waals surface area contributed by atoms with Gasteiger partial charge in [0.25, 0.3) is 0 Å². The molecule has 0 aliphatic carbocycles. The summed E-state index contributed by atoms with van der Waals surface area (Å²) < 4.78 is 72.1. The third kappa shape index (κ3) is 5.09. The van der Waals surface area contributed by atoms with Gasteiger partial charge in [-0.25, -0.2) is 4.79 Å². The summed E-state index contributed by atoms with van der Waals surface area (Å²) in [6, 6.07) is 3.75. The average Bonchev–Trinajstić information content (AvgIpc) is 2.83. The van der Waals surface area contributed by atoms with Crippen molar-refractivity contribution in [3.8, 4) is 5.75 Å². The lowest BCUT2D eigenvalue weighted by Gasteiger charge is -2.19. The van der Waals surface area contributed by atoms with Gasteiger partial charge in [0.2, 0.25) is 0 Å². The minimum absolute atomic E-state index is 0.0161. The van der Waals surface area contributed by atoms with Crippen LogP contribution in [0.4, 0.5) is 18.0 Å². The Kier molecular flexibility index (Phi) is 6.27. The Morgan fingerprint density at radius 1 is 1.18 bits per heavy atom. The maximum atomic E-state index is 12.7. The van der Waals surface area contributed by atoms with Crippen LogP contribution in [0.25, 0.3) is 17.0 Å². The van der Waals surface area contributed by atoms with Crippen LogP contribution in [0, 0.1) is 0 Å². The number of ether oxygens (including phenoxy) is 1. The fourth-order valence-electron chi connectivity index (χ4n) is 2.21. The first-order valence-corrected chi connectivity index (χ1v) is 10.5. The quantitative estimate of drug-likeness (QED) is 0.361. The summed E-state index contributed by atoms with van der Waals surface area (Å²) >= 11 is 6.25. The van der Waals surface area contributed by atoms with E-state index in [4.69, 9.17) is 4.74 Å². The van der Waals surface area contributed by atoms with Crippen LogP contribution >= 0.6 is 31.9 Å². The molecule has 12 heteroatoms. The van der Waals surface area contributed by atoms with E-state index in [2.05, 4.69) is 36.0 Å². The molecule has 1 aromatic carbocycles. The van der Waals surface area contributed by atoms with Crippen molar-refractivity contribution in [3.05, 3.63) is 33.4 Å². The second-order valence-corrected chi connectivity index (χ2v) is 10.8. The van der Waals surface area contributed by atoms with Crippen LogP contribution < -0.4 is 4.18 Å². The van der Waals surface area contributed by atoms with E-state index in [9.17, 15) is 26.4 Å². The lowest BCUT2D eigenvalue weighted by Crippen LogP contribution is -2.28. The van der Waals surface area contributed by atoms with Crippen LogP contribution in [-0.2, 0) is 14.9 Å². The molecule has 0 radical (unpaired) electrons. The van der Waals surface area contributed by atoms with Gasteiger partial charge in [0.05, 0.1) is 14.3 Å². The third-order valence-electron chi connectivity index (χ3n) is 3.16. The van der Waals surface area contributed by atoms with Gasteiger partial charge in [-0.2, -0.15) is 21.6 Å². The molecule has 0 spiro atoms. The minimum Gasteiger partial charge on any atom is -0.443 e. The molecule has 0 aliphatic rings. The molecule has 0 bridgehead atoms. The molecule has 28 heavy (non-hydrogen) atoms.